The SMILES string of the molecule is CCc1cc(-n2nc([N+]3=C[C@@H]4C[C@]4(N(C)C)C3)c3cnc(NC(C)=O)cc32)nc(C(C)(F)F)n1. The number of likely N-dealkylation sites (N-methyl/N-ethyl adjacent to an activating group) is 1. The molecule has 1 N–H and O–H groups in total. The van der Waals surface area contributed by atoms with Crippen LogP contribution in [0.3, 0.4) is 0 Å². The standard InChI is InChI=1S/C23H26F2N8O/c1-6-15-7-19(29-21(28-15)22(3,24)25)33-17-8-18(27-13(2)34)26-10-16(17)20(30-33)32-11-14-9-23(14,12-32)31(4)5/h7-8,10-11,14H,6,9,12H2,1-5H3/p+1/t14-,23-/m0/s1. The molecule has 1 aliphatic carbocycles. The number of aryl methyl sites for hydroxylation is 1. The van der Waals surface area contributed by atoms with Crippen LogP contribution in [-0.2, 0) is 17.1 Å². The summed E-state index contributed by atoms with van der Waals surface area (Å²) in [6.07, 6.45) is 5.39. The Morgan fingerprint density at radius 3 is 2.74 bits per heavy atom. The summed E-state index contributed by atoms with van der Waals surface area (Å²) in [5, 5.41) is 8.22. The summed E-state index contributed by atoms with van der Waals surface area (Å²) in [5.41, 5.74) is 1.18. The second-order valence-electron chi connectivity index (χ2n) is 9.37. The highest BCUT2D eigenvalue weighted by Gasteiger charge is 2.62. The first kappa shape index (κ1) is 22.5. The van der Waals surface area contributed by atoms with Crippen molar-refractivity contribution in [3.63, 3.8) is 0 Å². The van der Waals surface area contributed by atoms with E-state index < -0.39 is 11.7 Å². The van der Waals surface area contributed by atoms with Crippen molar-refractivity contribution in [2.75, 3.05) is 26.0 Å². The Kier molecular flexibility index (Phi) is 5.01. The number of carbonyl (C=O) groups excluding carboxylic acids is 1. The number of anilines is 1. The van der Waals surface area contributed by atoms with Gasteiger partial charge in [-0.1, -0.05) is 6.92 Å². The average Bonchev–Trinajstić information content (AvgIpc) is 3.15. The highest BCUT2D eigenvalue weighted by atomic mass is 19.3. The van der Waals surface area contributed by atoms with Gasteiger partial charge in [-0.3, -0.25) is 9.69 Å². The van der Waals surface area contributed by atoms with Gasteiger partial charge in [-0.05, 0) is 26.9 Å². The number of nitrogens with zero attached hydrogens (tertiary/aromatic N) is 7. The minimum atomic E-state index is -3.20. The summed E-state index contributed by atoms with van der Waals surface area (Å²) >= 11 is 0. The summed E-state index contributed by atoms with van der Waals surface area (Å²) in [6.45, 7) is 4.80. The maximum Gasteiger partial charge on any atom is 0.359 e. The number of alkyl halides is 2. The van der Waals surface area contributed by atoms with Gasteiger partial charge in [0, 0.05) is 43.8 Å². The van der Waals surface area contributed by atoms with Crippen molar-refractivity contribution in [1.82, 2.24) is 29.6 Å². The van der Waals surface area contributed by atoms with Gasteiger partial charge in [-0.2, -0.15) is 8.78 Å². The lowest BCUT2D eigenvalue weighted by molar-refractivity contribution is -0.440. The molecule has 0 saturated heterocycles. The summed E-state index contributed by atoms with van der Waals surface area (Å²) in [5.74, 6) is -2.32. The number of halogens is 2. The van der Waals surface area contributed by atoms with E-state index >= 15 is 0 Å². The van der Waals surface area contributed by atoms with Crippen LogP contribution in [0.4, 0.5) is 20.4 Å². The monoisotopic (exact) mass is 469 g/mol. The smallest absolute Gasteiger partial charge is 0.311 e. The van der Waals surface area contributed by atoms with Crippen molar-refractivity contribution in [2.45, 2.75) is 45.1 Å². The van der Waals surface area contributed by atoms with Crippen molar-refractivity contribution < 1.29 is 18.2 Å². The highest BCUT2D eigenvalue weighted by molar-refractivity contribution is 5.93. The molecular weight excluding hydrogens is 442 g/mol. The van der Waals surface area contributed by atoms with Crippen LogP contribution in [0.15, 0.2) is 18.3 Å². The predicted molar refractivity (Wildman–Crippen MR) is 123 cm³/mol. The zero-order chi connectivity index (χ0) is 24.4. The van der Waals surface area contributed by atoms with Crippen LogP contribution >= 0.6 is 0 Å². The van der Waals surface area contributed by atoms with Crippen molar-refractivity contribution in [3.8, 4) is 5.82 Å². The van der Waals surface area contributed by atoms with E-state index in [9.17, 15) is 13.6 Å². The third kappa shape index (κ3) is 3.64. The molecule has 0 aromatic carbocycles. The number of rotatable bonds is 6. The fourth-order valence-corrected chi connectivity index (χ4v) is 4.66. The maximum atomic E-state index is 14.2. The predicted octanol–water partition coefficient (Wildman–Crippen LogP) is 2.89. The van der Waals surface area contributed by atoms with E-state index in [1.807, 2.05) is 6.92 Å². The Balaban J connectivity index is 1.69. The lowest BCUT2D eigenvalue weighted by atomic mass is 10.2. The fourth-order valence-electron chi connectivity index (χ4n) is 4.66. The minimum absolute atomic E-state index is 0.0847. The lowest BCUT2D eigenvalue weighted by Crippen LogP contribution is -2.36. The van der Waals surface area contributed by atoms with E-state index in [0.717, 1.165) is 25.3 Å². The van der Waals surface area contributed by atoms with Crippen LogP contribution < -0.4 is 5.32 Å². The number of aromatic nitrogens is 5. The Morgan fingerprint density at radius 2 is 2.12 bits per heavy atom. The third-order valence-corrected chi connectivity index (χ3v) is 6.66. The zero-order valence-electron chi connectivity index (χ0n) is 19.8. The second kappa shape index (κ2) is 7.59. The quantitative estimate of drug-likeness (QED) is 0.558. The van der Waals surface area contributed by atoms with Crippen molar-refractivity contribution in [3.05, 3.63) is 29.8 Å². The van der Waals surface area contributed by atoms with Gasteiger partial charge >= 0.3 is 11.7 Å². The Morgan fingerprint density at radius 1 is 1.35 bits per heavy atom. The van der Waals surface area contributed by atoms with Gasteiger partial charge in [-0.15, -0.1) is 4.68 Å². The van der Waals surface area contributed by atoms with Crippen LogP contribution in [0.1, 0.15) is 38.7 Å². The molecule has 11 heteroatoms. The largest absolute Gasteiger partial charge is 0.359 e. The number of amides is 1. The van der Waals surface area contributed by atoms with Crippen LogP contribution in [0.25, 0.3) is 16.7 Å². The Labute approximate surface area is 195 Å². The van der Waals surface area contributed by atoms with Gasteiger partial charge in [0.25, 0.3) is 0 Å². The van der Waals surface area contributed by atoms with Crippen molar-refractivity contribution >= 4 is 34.7 Å². The number of hydrogen-bond acceptors (Lipinski definition) is 6. The van der Waals surface area contributed by atoms with Gasteiger partial charge in [-0.25, -0.2) is 19.5 Å². The average molecular weight is 470 g/mol. The summed E-state index contributed by atoms with van der Waals surface area (Å²) < 4.78 is 32.0. The van der Waals surface area contributed by atoms with Crippen LogP contribution in [0, 0.1) is 5.92 Å². The van der Waals surface area contributed by atoms with Gasteiger partial charge in [0.2, 0.25) is 11.7 Å². The molecule has 4 heterocycles. The van der Waals surface area contributed by atoms with E-state index in [4.69, 9.17) is 5.10 Å². The molecule has 34 heavy (non-hydrogen) atoms. The summed E-state index contributed by atoms with van der Waals surface area (Å²) in [4.78, 5) is 26.4. The minimum Gasteiger partial charge on any atom is -0.311 e. The van der Waals surface area contributed by atoms with Crippen LogP contribution in [-0.4, -0.2) is 72.5 Å². The normalized spacial score (nSPS) is 21.6. The number of pyridine rings is 1. The molecule has 1 fully saturated rings. The fraction of sp³-hybridized carbons (Fsp3) is 0.478. The van der Waals surface area contributed by atoms with Crippen LogP contribution in [0.2, 0.25) is 0 Å². The molecule has 2 atom stereocenters. The Hall–Kier alpha value is -3.34. The van der Waals surface area contributed by atoms with Crippen molar-refractivity contribution in [2.24, 2.45) is 5.92 Å². The lowest BCUT2D eigenvalue weighted by Gasteiger charge is -2.20. The molecule has 3 aromatic rings. The van der Waals surface area contributed by atoms with Gasteiger partial charge in [0.1, 0.15) is 23.3 Å². The van der Waals surface area contributed by atoms with Gasteiger partial charge in [0.05, 0.1) is 16.9 Å². The summed E-state index contributed by atoms with van der Waals surface area (Å²) in [6, 6.07) is 3.35. The van der Waals surface area contributed by atoms with E-state index in [-0.39, 0.29) is 17.3 Å². The topological polar surface area (TPSA) is 91.8 Å². The molecule has 0 radical (unpaired) electrons. The molecule has 0 unspecified atom stereocenters. The first-order valence-electron chi connectivity index (χ1n) is 11.2. The molecule has 0 bridgehead atoms. The van der Waals surface area contributed by atoms with Gasteiger partial charge < -0.3 is 5.32 Å². The molecule has 178 valence electrons. The Bertz CT molecular complexity index is 1340. The molecule has 1 aliphatic heterocycles. The zero-order valence-corrected chi connectivity index (χ0v) is 19.8. The number of carbonyl (C=O) groups is 1. The summed E-state index contributed by atoms with van der Waals surface area (Å²) in [7, 11) is 4.16. The third-order valence-electron chi connectivity index (χ3n) is 6.66. The molecule has 9 nitrogen and oxygen atoms in total. The number of fused-ring (bicyclic) bond motifs is 2. The number of nitrogens with one attached hydrogen (secondary N) is 1. The molecule has 1 saturated carbocycles. The maximum absolute atomic E-state index is 14.2. The molecule has 5 rings (SSSR count). The molecule has 2 aliphatic rings. The number of hydrogen-bond donors (Lipinski definition) is 1. The molecule has 1 amide bonds. The molecular formula is C23H27F2N8O+. The van der Waals surface area contributed by atoms with Crippen molar-refractivity contribution in [1.29, 1.82) is 0 Å². The van der Waals surface area contributed by atoms with Gasteiger partial charge in [0.15, 0.2) is 5.82 Å². The highest BCUT2D eigenvalue weighted by Crippen LogP contribution is 2.50. The molecule has 0 spiro atoms. The van der Waals surface area contributed by atoms with E-state index in [1.54, 1.807) is 18.3 Å². The van der Waals surface area contributed by atoms with Crippen LogP contribution in [0.5, 0.6) is 0 Å². The van der Waals surface area contributed by atoms with E-state index in [0.29, 0.717) is 35.2 Å². The molecule has 3 aromatic heterocycles. The first-order valence-corrected chi connectivity index (χ1v) is 11.2. The van der Waals surface area contributed by atoms with E-state index in [2.05, 4.69) is 50.1 Å². The van der Waals surface area contributed by atoms with E-state index in [1.165, 1.54) is 11.6 Å². The second-order valence-corrected chi connectivity index (χ2v) is 9.37. The first-order chi connectivity index (χ1) is 16.0.